The van der Waals surface area contributed by atoms with Gasteiger partial charge in [-0.25, -0.2) is 9.59 Å². The van der Waals surface area contributed by atoms with Crippen molar-refractivity contribution in [1.82, 2.24) is 15.3 Å². The molecule has 2 heterocycles. The fraction of sp³-hybridized carbons (Fsp3) is 0.778. The van der Waals surface area contributed by atoms with E-state index in [4.69, 9.17) is 4.84 Å². The van der Waals surface area contributed by atoms with Crippen LogP contribution in [0.5, 0.6) is 0 Å². The summed E-state index contributed by atoms with van der Waals surface area (Å²) in [5, 5.41) is 3.65. The number of nitrogens with one attached hydrogen (secondary N) is 1. The predicted molar refractivity (Wildman–Crippen MR) is 52.0 cm³/mol. The summed E-state index contributed by atoms with van der Waals surface area (Å²) in [7, 11) is 0. The molecule has 2 rings (SSSR count). The SMILES string of the molecule is O=C(ON1CCNC1=O)N1CCCCC1. The summed E-state index contributed by atoms with van der Waals surface area (Å²) in [5.41, 5.74) is 0. The van der Waals surface area contributed by atoms with Crippen LogP contribution in [0.4, 0.5) is 9.59 Å². The van der Waals surface area contributed by atoms with Gasteiger partial charge in [0.25, 0.3) is 0 Å². The third kappa shape index (κ3) is 2.31. The van der Waals surface area contributed by atoms with E-state index in [2.05, 4.69) is 5.32 Å². The number of amides is 3. The molecule has 2 saturated heterocycles. The van der Waals surface area contributed by atoms with Gasteiger partial charge in [0.05, 0.1) is 6.54 Å². The third-order valence-corrected chi connectivity index (χ3v) is 2.62. The van der Waals surface area contributed by atoms with Gasteiger partial charge in [0.2, 0.25) is 0 Å². The second-order valence-corrected chi connectivity index (χ2v) is 3.74. The van der Waals surface area contributed by atoms with Crippen molar-refractivity contribution in [2.24, 2.45) is 0 Å². The van der Waals surface area contributed by atoms with Crippen LogP contribution in [0.1, 0.15) is 19.3 Å². The van der Waals surface area contributed by atoms with Crippen LogP contribution in [-0.4, -0.2) is 48.3 Å². The second kappa shape index (κ2) is 4.37. The summed E-state index contributed by atoms with van der Waals surface area (Å²) in [6.45, 7) is 2.42. The Morgan fingerprint density at radius 1 is 1.20 bits per heavy atom. The molecule has 0 spiro atoms. The van der Waals surface area contributed by atoms with E-state index in [0.717, 1.165) is 37.4 Å². The van der Waals surface area contributed by atoms with E-state index >= 15 is 0 Å². The predicted octanol–water partition coefficient (Wildman–Crippen LogP) is 0.549. The molecule has 1 N–H and O–H groups in total. The van der Waals surface area contributed by atoms with Crippen LogP contribution in [0, 0.1) is 0 Å². The summed E-state index contributed by atoms with van der Waals surface area (Å²) in [6.07, 6.45) is 2.78. The molecule has 0 aromatic rings. The topological polar surface area (TPSA) is 61.9 Å². The Morgan fingerprint density at radius 2 is 1.93 bits per heavy atom. The first-order valence-corrected chi connectivity index (χ1v) is 5.29. The smallest absolute Gasteiger partial charge is 0.334 e. The maximum atomic E-state index is 11.6. The first-order chi connectivity index (χ1) is 7.27. The summed E-state index contributed by atoms with van der Waals surface area (Å²) < 4.78 is 0. The lowest BCUT2D eigenvalue weighted by Gasteiger charge is -2.27. The average Bonchev–Trinajstić information content (AvgIpc) is 2.66. The molecule has 84 valence electrons. The fourth-order valence-corrected chi connectivity index (χ4v) is 1.77. The molecule has 6 nitrogen and oxygen atoms in total. The highest BCUT2D eigenvalue weighted by Gasteiger charge is 2.26. The van der Waals surface area contributed by atoms with Gasteiger partial charge < -0.3 is 15.1 Å². The molecule has 3 amide bonds. The highest BCUT2D eigenvalue weighted by Crippen LogP contribution is 2.11. The van der Waals surface area contributed by atoms with Crippen LogP contribution in [0.25, 0.3) is 0 Å². The molecule has 2 aliphatic rings. The number of carbonyl (C=O) groups excluding carboxylic acids is 2. The monoisotopic (exact) mass is 213 g/mol. The zero-order valence-electron chi connectivity index (χ0n) is 8.57. The lowest BCUT2D eigenvalue weighted by atomic mass is 10.1. The molecule has 2 aliphatic heterocycles. The Labute approximate surface area is 88.1 Å². The molecule has 6 heteroatoms. The van der Waals surface area contributed by atoms with Crippen molar-refractivity contribution in [1.29, 1.82) is 0 Å². The van der Waals surface area contributed by atoms with Gasteiger partial charge in [-0.15, -0.1) is 0 Å². The van der Waals surface area contributed by atoms with Crippen molar-refractivity contribution in [3.63, 3.8) is 0 Å². The number of carbonyl (C=O) groups is 2. The molecule has 0 aliphatic carbocycles. The van der Waals surface area contributed by atoms with Crippen LogP contribution < -0.4 is 5.32 Å². The molecule has 15 heavy (non-hydrogen) atoms. The Morgan fingerprint density at radius 3 is 2.53 bits per heavy atom. The molecule has 0 unspecified atom stereocenters. The van der Waals surface area contributed by atoms with E-state index in [-0.39, 0.29) is 6.03 Å². The van der Waals surface area contributed by atoms with Crippen molar-refractivity contribution in [2.45, 2.75) is 19.3 Å². The molecule has 2 fully saturated rings. The van der Waals surface area contributed by atoms with Gasteiger partial charge >= 0.3 is 12.1 Å². The minimum absolute atomic E-state index is 0.333. The Hall–Kier alpha value is -1.46. The molecule has 0 radical (unpaired) electrons. The average molecular weight is 213 g/mol. The van der Waals surface area contributed by atoms with E-state index in [1.54, 1.807) is 4.90 Å². The molecule has 0 atom stereocenters. The van der Waals surface area contributed by atoms with Crippen molar-refractivity contribution < 1.29 is 14.4 Å². The molecule has 0 aromatic carbocycles. The van der Waals surface area contributed by atoms with Crippen molar-refractivity contribution in [3.05, 3.63) is 0 Å². The van der Waals surface area contributed by atoms with E-state index < -0.39 is 6.09 Å². The van der Waals surface area contributed by atoms with Crippen LogP contribution in [-0.2, 0) is 4.84 Å². The van der Waals surface area contributed by atoms with E-state index in [1.165, 1.54) is 0 Å². The molecule has 0 aromatic heterocycles. The Kier molecular flexibility index (Phi) is 2.94. The first-order valence-electron chi connectivity index (χ1n) is 5.29. The fourth-order valence-electron chi connectivity index (χ4n) is 1.77. The maximum absolute atomic E-state index is 11.6. The Bertz CT molecular complexity index is 263. The normalized spacial score (nSPS) is 21.5. The molecular formula is C9H15N3O3. The number of hydrogen-bond acceptors (Lipinski definition) is 3. The second-order valence-electron chi connectivity index (χ2n) is 3.74. The van der Waals surface area contributed by atoms with Crippen LogP contribution in [0.2, 0.25) is 0 Å². The van der Waals surface area contributed by atoms with Gasteiger partial charge in [-0.05, 0) is 19.3 Å². The highest BCUT2D eigenvalue weighted by atomic mass is 16.7. The van der Waals surface area contributed by atoms with Crippen LogP contribution in [0.15, 0.2) is 0 Å². The summed E-state index contributed by atoms with van der Waals surface area (Å²) in [5.74, 6) is 0. The van der Waals surface area contributed by atoms with Crippen LogP contribution >= 0.6 is 0 Å². The summed E-state index contributed by atoms with van der Waals surface area (Å²) in [6, 6.07) is -0.333. The van der Waals surface area contributed by atoms with Crippen molar-refractivity contribution in [3.8, 4) is 0 Å². The number of nitrogens with zero attached hydrogens (tertiary/aromatic N) is 2. The molecular weight excluding hydrogens is 198 g/mol. The number of hydrogen-bond donors (Lipinski definition) is 1. The van der Waals surface area contributed by atoms with Gasteiger partial charge in [-0.3, -0.25) is 0 Å². The maximum Gasteiger partial charge on any atom is 0.434 e. The summed E-state index contributed by atoms with van der Waals surface area (Å²) in [4.78, 5) is 29.3. The number of urea groups is 1. The van der Waals surface area contributed by atoms with Gasteiger partial charge in [-0.2, -0.15) is 5.06 Å². The molecule has 0 saturated carbocycles. The summed E-state index contributed by atoms with van der Waals surface area (Å²) >= 11 is 0. The van der Waals surface area contributed by atoms with Crippen molar-refractivity contribution in [2.75, 3.05) is 26.2 Å². The Balaban J connectivity index is 1.82. The number of likely N-dealkylation sites (tertiary alicyclic amines) is 1. The lowest BCUT2D eigenvalue weighted by molar-refractivity contribution is -0.0609. The van der Waals surface area contributed by atoms with Gasteiger partial charge in [0.1, 0.15) is 0 Å². The lowest BCUT2D eigenvalue weighted by Crippen LogP contribution is -2.41. The van der Waals surface area contributed by atoms with E-state index in [0.29, 0.717) is 13.1 Å². The minimum Gasteiger partial charge on any atom is -0.334 e. The van der Waals surface area contributed by atoms with E-state index in [1.807, 2.05) is 0 Å². The minimum atomic E-state index is -0.410. The van der Waals surface area contributed by atoms with Gasteiger partial charge in [0, 0.05) is 19.6 Å². The molecule has 0 bridgehead atoms. The number of rotatable bonds is 1. The van der Waals surface area contributed by atoms with Gasteiger partial charge in [-0.1, -0.05) is 0 Å². The zero-order chi connectivity index (χ0) is 10.7. The standard InChI is InChI=1S/C9H15N3O3/c13-8-10-4-7-12(8)15-9(14)11-5-2-1-3-6-11/h1-7H2,(H,10,13). The van der Waals surface area contributed by atoms with E-state index in [9.17, 15) is 9.59 Å². The number of hydroxylamine groups is 2. The van der Waals surface area contributed by atoms with Crippen LogP contribution in [0.3, 0.4) is 0 Å². The third-order valence-electron chi connectivity index (χ3n) is 2.62. The van der Waals surface area contributed by atoms with Gasteiger partial charge in [0.15, 0.2) is 0 Å². The quantitative estimate of drug-likeness (QED) is 0.691. The number of piperidine rings is 1. The largest absolute Gasteiger partial charge is 0.434 e. The highest BCUT2D eigenvalue weighted by molar-refractivity contribution is 5.77. The first kappa shape index (κ1) is 10.1. The van der Waals surface area contributed by atoms with Crippen molar-refractivity contribution >= 4 is 12.1 Å². The zero-order valence-corrected chi connectivity index (χ0v) is 8.57.